The molecule has 0 fully saturated rings. The van der Waals surface area contributed by atoms with Crippen LogP contribution in [0.25, 0.3) is 0 Å². The van der Waals surface area contributed by atoms with E-state index in [9.17, 15) is 9.59 Å². The summed E-state index contributed by atoms with van der Waals surface area (Å²) in [6, 6.07) is -0.796. The van der Waals surface area contributed by atoms with E-state index < -0.39 is 6.03 Å². The van der Waals surface area contributed by atoms with Gasteiger partial charge in [0.15, 0.2) is 0 Å². The second-order valence-electron chi connectivity index (χ2n) is 2.86. The van der Waals surface area contributed by atoms with Gasteiger partial charge in [-0.15, -0.1) is 6.58 Å². The molecule has 1 atom stereocenters. The number of imide groups is 1. The average molecular weight is 184 g/mol. The second kappa shape index (κ2) is 6.22. The molecule has 3 amide bonds. The van der Waals surface area contributed by atoms with E-state index in [4.69, 9.17) is 5.73 Å². The molecule has 74 valence electrons. The van der Waals surface area contributed by atoms with Gasteiger partial charge in [-0.3, -0.25) is 10.1 Å². The molecular weight excluding hydrogens is 168 g/mol. The van der Waals surface area contributed by atoms with Crippen molar-refractivity contribution in [3.63, 3.8) is 0 Å². The van der Waals surface area contributed by atoms with Gasteiger partial charge in [0.25, 0.3) is 0 Å². The lowest BCUT2D eigenvalue weighted by Crippen LogP contribution is -2.39. The van der Waals surface area contributed by atoms with E-state index in [1.807, 2.05) is 6.92 Å². The summed E-state index contributed by atoms with van der Waals surface area (Å²) in [5, 5.41) is 2.06. The molecule has 0 saturated carbocycles. The van der Waals surface area contributed by atoms with Crippen molar-refractivity contribution in [2.45, 2.75) is 26.2 Å². The molecule has 0 aromatic rings. The van der Waals surface area contributed by atoms with Crippen molar-refractivity contribution in [3.8, 4) is 0 Å². The summed E-state index contributed by atoms with van der Waals surface area (Å²) >= 11 is 0. The molecule has 3 N–H and O–H groups in total. The summed E-state index contributed by atoms with van der Waals surface area (Å²) < 4.78 is 0. The number of carbonyl (C=O) groups excluding carboxylic acids is 2. The number of primary amides is 1. The predicted octanol–water partition coefficient (Wildman–Crippen LogP) is 1.17. The van der Waals surface area contributed by atoms with Crippen molar-refractivity contribution in [2.24, 2.45) is 11.7 Å². The molecule has 0 spiro atoms. The predicted molar refractivity (Wildman–Crippen MR) is 50.9 cm³/mol. The fraction of sp³-hybridized carbons (Fsp3) is 0.556. The lowest BCUT2D eigenvalue weighted by molar-refractivity contribution is -0.123. The zero-order valence-electron chi connectivity index (χ0n) is 7.88. The Morgan fingerprint density at radius 2 is 2.23 bits per heavy atom. The van der Waals surface area contributed by atoms with Gasteiger partial charge in [-0.25, -0.2) is 4.79 Å². The Morgan fingerprint density at radius 3 is 2.62 bits per heavy atom. The molecule has 4 heteroatoms. The number of rotatable bonds is 5. The standard InChI is InChI=1S/C9H16N2O2/c1-3-5-7(6-4-2)8(12)11-9(10)13/h3,7H,1,4-6H2,2H3,(H3,10,11,12,13)/t7-/m0/s1. The van der Waals surface area contributed by atoms with E-state index in [1.54, 1.807) is 6.08 Å². The van der Waals surface area contributed by atoms with Crippen molar-refractivity contribution in [1.29, 1.82) is 0 Å². The Kier molecular flexibility index (Phi) is 5.59. The molecule has 0 saturated heterocycles. The molecule has 0 bridgehead atoms. The van der Waals surface area contributed by atoms with Gasteiger partial charge < -0.3 is 5.73 Å². The van der Waals surface area contributed by atoms with Crippen LogP contribution in [-0.4, -0.2) is 11.9 Å². The summed E-state index contributed by atoms with van der Waals surface area (Å²) in [7, 11) is 0. The normalized spacial score (nSPS) is 11.8. The molecule has 0 rings (SSSR count). The molecular formula is C9H16N2O2. The van der Waals surface area contributed by atoms with E-state index in [-0.39, 0.29) is 11.8 Å². The van der Waals surface area contributed by atoms with E-state index in [1.165, 1.54) is 0 Å². The number of carbonyl (C=O) groups is 2. The number of allylic oxidation sites excluding steroid dienone is 1. The summed E-state index contributed by atoms with van der Waals surface area (Å²) in [6.07, 6.45) is 3.88. The van der Waals surface area contributed by atoms with Crippen LogP contribution in [0, 0.1) is 5.92 Å². The maximum absolute atomic E-state index is 11.3. The quantitative estimate of drug-likeness (QED) is 0.629. The molecule has 0 aromatic carbocycles. The minimum atomic E-state index is -0.796. The van der Waals surface area contributed by atoms with Gasteiger partial charge in [0.1, 0.15) is 0 Å². The largest absolute Gasteiger partial charge is 0.351 e. The third kappa shape index (κ3) is 5.00. The van der Waals surface area contributed by atoms with Gasteiger partial charge in [-0.05, 0) is 12.8 Å². The van der Waals surface area contributed by atoms with Gasteiger partial charge in [-0.2, -0.15) is 0 Å². The first-order chi connectivity index (χ1) is 6.11. The smallest absolute Gasteiger partial charge is 0.318 e. The van der Waals surface area contributed by atoms with Gasteiger partial charge >= 0.3 is 6.03 Å². The molecule has 0 aliphatic rings. The Morgan fingerprint density at radius 1 is 1.62 bits per heavy atom. The zero-order chi connectivity index (χ0) is 10.3. The van der Waals surface area contributed by atoms with Gasteiger partial charge in [0.05, 0.1) is 0 Å². The highest BCUT2D eigenvalue weighted by molar-refractivity contribution is 5.94. The van der Waals surface area contributed by atoms with Crippen LogP contribution in [-0.2, 0) is 4.79 Å². The molecule has 0 aliphatic carbocycles. The highest BCUT2D eigenvalue weighted by Crippen LogP contribution is 2.11. The topological polar surface area (TPSA) is 72.2 Å². The summed E-state index contributed by atoms with van der Waals surface area (Å²) in [5.74, 6) is -0.496. The SMILES string of the molecule is C=CC[C@@H](CCC)C(=O)NC(N)=O. The van der Waals surface area contributed by atoms with Gasteiger partial charge in [0.2, 0.25) is 5.91 Å². The molecule has 0 aliphatic heterocycles. The summed E-state index contributed by atoms with van der Waals surface area (Å²) in [6.45, 7) is 5.53. The molecule has 4 nitrogen and oxygen atoms in total. The molecule has 0 aromatic heterocycles. The number of nitrogens with one attached hydrogen (secondary N) is 1. The van der Waals surface area contributed by atoms with Crippen molar-refractivity contribution in [3.05, 3.63) is 12.7 Å². The van der Waals surface area contributed by atoms with Crippen LogP contribution in [0.4, 0.5) is 4.79 Å². The highest BCUT2D eigenvalue weighted by Gasteiger charge is 2.16. The fourth-order valence-corrected chi connectivity index (χ4v) is 1.13. The number of amides is 3. The van der Waals surface area contributed by atoms with Crippen LogP contribution in [0.5, 0.6) is 0 Å². The van der Waals surface area contributed by atoms with Crippen LogP contribution in [0.15, 0.2) is 12.7 Å². The van der Waals surface area contributed by atoms with Crippen molar-refractivity contribution in [1.82, 2.24) is 5.32 Å². The number of urea groups is 1. The van der Waals surface area contributed by atoms with Crippen molar-refractivity contribution >= 4 is 11.9 Å². The molecule has 0 heterocycles. The van der Waals surface area contributed by atoms with Crippen LogP contribution in [0.3, 0.4) is 0 Å². The summed E-state index contributed by atoms with van der Waals surface area (Å²) in [5.41, 5.74) is 4.83. The summed E-state index contributed by atoms with van der Waals surface area (Å²) in [4.78, 5) is 21.7. The van der Waals surface area contributed by atoms with Crippen LogP contribution in [0.1, 0.15) is 26.2 Å². The third-order valence-corrected chi connectivity index (χ3v) is 1.71. The van der Waals surface area contributed by atoms with Crippen LogP contribution >= 0.6 is 0 Å². The zero-order valence-corrected chi connectivity index (χ0v) is 7.88. The van der Waals surface area contributed by atoms with Crippen LogP contribution < -0.4 is 11.1 Å². The minimum absolute atomic E-state index is 0.185. The van der Waals surface area contributed by atoms with Crippen molar-refractivity contribution < 1.29 is 9.59 Å². The second-order valence-corrected chi connectivity index (χ2v) is 2.86. The number of nitrogens with two attached hydrogens (primary N) is 1. The maximum atomic E-state index is 11.3. The Bertz CT molecular complexity index is 202. The lowest BCUT2D eigenvalue weighted by Gasteiger charge is -2.11. The lowest BCUT2D eigenvalue weighted by atomic mass is 9.99. The maximum Gasteiger partial charge on any atom is 0.318 e. The van der Waals surface area contributed by atoms with E-state index in [2.05, 4.69) is 11.9 Å². The highest BCUT2D eigenvalue weighted by atomic mass is 16.2. The first-order valence-electron chi connectivity index (χ1n) is 4.33. The van der Waals surface area contributed by atoms with Gasteiger partial charge in [-0.1, -0.05) is 19.4 Å². The number of hydrogen-bond acceptors (Lipinski definition) is 2. The molecule has 13 heavy (non-hydrogen) atoms. The first-order valence-corrected chi connectivity index (χ1v) is 4.33. The molecule has 0 radical (unpaired) electrons. The first kappa shape index (κ1) is 11.7. The van der Waals surface area contributed by atoms with E-state index in [0.29, 0.717) is 6.42 Å². The minimum Gasteiger partial charge on any atom is -0.351 e. The van der Waals surface area contributed by atoms with Crippen molar-refractivity contribution in [2.75, 3.05) is 0 Å². The monoisotopic (exact) mass is 184 g/mol. The van der Waals surface area contributed by atoms with E-state index >= 15 is 0 Å². The molecule has 0 unspecified atom stereocenters. The Balaban J connectivity index is 4.09. The third-order valence-electron chi connectivity index (χ3n) is 1.71. The van der Waals surface area contributed by atoms with Gasteiger partial charge in [0, 0.05) is 5.92 Å². The fourth-order valence-electron chi connectivity index (χ4n) is 1.13. The number of hydrogen-bond donors (Lipinski definition) is 2. The average Bonchev–Trinajstić information content (AvgIpc) is 2.02. The van der Waals surface area contributed by atoms with Crippen LogP contribution in [0.2, 0.25) is 0 Å². The Hall–Kier alpha value is -1.32. The van der Waals surface area contributed by atoms with E-state index in [0.717, 1.165) is 12.8 Å². The Labute approximate surface area is 78.2 Å².